The molecule has 3 nitrogen and oxygen atoms in total. The molecule has 0 saturated carbocycles. The minimum absolute atomic E-state index is 0.473. The first-order chi connectivity index (χ1) is 9.79. The summed E-state index contributed by atoms with van der Waals surface area (Å²) in [6.45, 7) is 3.87. The minimum Gasteiger partial charge on any atom is -0.364 e. The van der Waals surface area contributed by atoms with Crippen molar-refractivity contribution in [3.63, 3.8) is 0 Å². The number of pyridine rings is 1. The van der Waals surface area contributed by atoms with Gasteiger partial charge in [0.2, 0.25) is 0 Å². The summed E-state index contributed by atoms with van der Waals surface area (Å²) in [6.07, 6.45) is 6.22. The van der Waals surface area contributed by atoms with Crippen molar-refractivity contribution >= 4 is 5.69 Å². The first-order valence-corrected chi connectivity index (χ1v) is 7.26. The van der Waals surface area contributed by atoms with Gasteiger partial charge in [0.1, 0.15) is 0 Å². The number of nitrogens with zero attached hydrogens (tertiary/aromatic N) is 2. The zero-order valence-corrected chi connectivity index (χ0v) is 11.9. The Hall–Kier alpha value is -1.87. The van der Waals surface area contributed by atoms with Crippen LogP contribution in [0.1, 0.15) is 35.6 Å². The lowest BCUT2D eigenvalue weighted by Gasteiger charge is -2.27. The molecule has 1 aromatic heterocycles. The lowest BCUT2D eigenvalue weighted by Crippen LogP contribution is -2.22. The van der Waals surface area contributed by atoms with E-state index in [9.17, 15) is 0 Å². The van der Waals surface area contributed by atoms with Crippen molar-refractivity contribution in [1.29, 1.82) is 0 Å². The number of benzene rings is 1. The Labute approximate surface area is 120 Å². The van der Waals surface area contributed by atoms with Crippen LogP contribution >= 0.6 is 0 Å². The molecular formula is C17H21N3. The van der Waals surface area contributed by atoms with Gasteiger partial charge in [0.05, 0.1) is 6.04 Å². The van der Waals surface area contributed by atoms with E-state index in [2.05, 4.69) is 47.1 Å². The van der Waals surface area contributed by atoms with Crippen LogP contribution in [-0.2, 0) is 6.54 Å². The Morgan fingerprint density at radius 3 is 2.75 bits per heavy atom. The van der Waals surface area contributed by atoms with Gasteiger partial charge in [-0.3, -0.25) is 4.98 Å². The molecule has 0 spiro atoms. The molecule has 3 heteroatoms. The number of aromatic nitrogens is 1. The standard InChI is InChI=1S/C17H21N3/c1-13-11-16(5-4-15(13)12-18)20-10-2-3-17(20)14-6-8-19-9-7-14/h4-9,11,17H,2-3,10,12,18H2,1H3. The number of hydrogen-bond donors (Lipinski definition) is 1. The van der Waals surface area contributed by atoms with Crippen LogP contribution in [0.3, 0.4) is 0 Å². The lowest BCUT2D eigenvalue weighted by atomic mass is 10.0. The quantitative estimate of drug-likeness (QED) is 0.928. The average molecular weight is 267 g/mol. The third-order valence-corrected chi connectivity index (χ3v) is 4.22. The Morgan fingerprint density at radius 2 is 2.05 bits per heavy atom. The first-order valence-electron chi connectivity index (χ1n) is 7.26. The number of rotatable bonds is 3. The molecule has 1 atom stereocenters. The van der Waals surface area contributed by atoms with Crippen molar-refractivity contribution in [3.05, 3.63) is 59.4 Å². The Bertz CT molecular complexity index is 580. The van der Waals surface area contributed by atoms with Gasteiger partial charge in [0.15, 0.2) is 0 Å². The monoisotopic (exact) mass is 267 g/mol. The molecule has 0 aliphatic carbocycles. The summed E-state index contributed by atoms with van der Waals surface area (Å²) in [5.74, 6) is 0. The molecule has 1 fully saturated rings. The third-order valence-electron chi connectivity index (χ3n) is 4.22. The summed E-state index contributed by atoms with van der Waals surface area (Å²) in [5.41, 5.74) is 10.9. The van der Waals surface area contributed by atoms with E-state index in [-0.39, 0.29) is 0 Å². The molecule has 1 aliphatic rings. The summed E-state index contributed by atoms with van der Waals surface area (Å²) in [4.78, 5) is 6.62. The van der Waals surface area contributed by atoms with E-state index in [0.29, 0.717) is 12.6 Å². The maximum atomic E-state index is 5.75. The topological polar surface area (TPSA) is 42.2 Å². The number of hydrogen-bond acceptors (Lipinski definition) is 3. The normalized spacial score (nSPS) is 18.5. The Balaban J connectivity index is 1.91. The van der Waals surface area contributed by atoms with Crippen molar-refractivity contribution in [2.75, 3.05) is 11.4 Å². The molecule has 2 N–H and O–H groups in total. The maximum Gasteiger partial charge on any atom is 0.0544 e. The molecule has 0 amide bonds. The van der Waals surface area contributed by atoms with Crippen molar-refractivity contribution in [1.82, 2.24) is 4.98 Å². The van der Waals surface area contributed by atoms with E-state index < -0.39 is 0 Å². The summed E-state index contributed by atoms with van der Waals surface area (Å²) < 4.78 is 0. The van der Waals surface area contributed by atoms with Crippen molar-refractivity contribution < 1.29 is 0 Å². The second-order valence-electron chi connectivity index (χ2n) is 5.45. The molecule has 0 radical (unpaired) electrons. The number of anilines is 1. The van der Waals surface area contributed by atoms with Crippen LogP contribution in [-0.4, -0.2) is 11.5 Å². The average Bonchev–Trinajstić information content (AvgIpc) is 2.97. The van der Waals surface area contributed by atoms with E-state index in [1.165, 1.54) is 35.2 Å². The smallest absolute Gasteiger partial charge is 0.0544 e. The van der Waals surface area contributed by atoms with Gasteiger partial charge in [0.25, 0.3) is 0 Å². The highest BCUT2D eigenvalue weighted by Gasteiger charge is 2.26. The van der Waals surface area contributed by atoms with Crippen LogP contribution in [0.15, 0.2) is 42.7 Å². The van der Waals surface area contributed by atoms with Gasteiger partial charge in [-0.05, 0) is 60.7 Å². The largest absolute Gasteiger partial charge is 0.364 e. The molecule has 1 saturated heterocycles. The van der Waals surface area contributed by atoms with E-state index in [1.54, 1.807) is 0 Å². The predicted molar refractivity (Wildman–Crippen MR) is 82.6 cm³/mol. The van der Waals surface area contributed by atoms with Crippen LogP contribution < -0.4 is 10.6 Å². The third kappa shape index (κ3) is 2.41. The maximum absolute atomic E-state index is 5.75. The van der Waals surface area contributed by atoms with Gasteiger partial charge in [-0.1, -0.05) is 6.07 Å². The second kappa shape index (κ2) is 5.63. The van der Waals surface area contributed by atoms with Crippen molar-refractivity contribution in [2.45, 2.75) is 32.4 Å². The van der Waals surface area contributed by atoms with E-state index in [4.69, 9.17) is 5.73 Å². The molecule has 1 aliphatic heterocycles. The molecule has 1 unspecified atom stereocenters. The van der Waals surface area contributed by atoms with Crippen LogP contribution in [0.5, 0.6) is 0 Å². The fourth-order valence-electron chi connectivity index (χ4n) is 3.10. The summed E-state index contributed by atoms with van der Waals surface area (Å²) in [5, 5.41) is 0. The SMILES string of the molecule is Cc1cc(N2CCCC2c2ccncc2)ccc1CN. The Kier molecular flexibility index (Phi) is 3.70. The van der Waals surface area contributed by atoms with Crippen LogP contribution in [0.2, 0.25) is 0 Å². The van der Waals surface area contributed by atoms with Gasteiger partial charge < -0.3 is 10.6 Å². The van der Waals surface area contributed by atoms with E-state index >= 15 is 0 Å². The number of nitrogens with two attached hydrogens (primary N) is 1. The highest BCUT2D eigenvalue weighted by atomic mass is 15.2. The highest BCUT2D eigenvalue weighted by molar-refractivity contribution is 5.53. The highest BCUT2D eigenvalue weighted by Crippen LogP contribution is 2.36. The molecule has 2 aromatic rings. The van der Waals surface area contributed by atoms with E-state index in [1.807, 2.05) is 12.4 Å². The lowest BCUT2D eigenvalue weighted by molar-refractivity contribution is 0.717. The van der Waals surface area contributed by atoms with Gasteiger partial charge in [-0.25, -0.2) is 0 Å². The van der Waals surface area contributed by atoms with E-state index in [0.717, 1.165) is 6.54 Å². The predicted octanol–water partition coefficient (Wildman–Crippen LogP) is 3.19. The van der Waals surface area contributed by atoms with Crippen LogP contribution in [0, 0.1) is 6.92 Å². The molecule has 2 heterocycles. The van der Waals surface area contributed by atoms with Crippen LogP contribution in [0.4, 0.5) is 5.69 Å². The molecule has 0 bridgehead atoms. The minimum atomic E-state index is 0.473. The summed E-state index contributed by atoms with van der Waals surface area (Å²) in [7, 11) is 0. The zero-order chi connectivity index (χ0) is 13.9. The van der Waals surface area contributed by atoms with Crippen molar-refractivity contribution in [3.8, 4) is 0 Å². The molecule has 1 aromatic carbocycles. The fourth-order valence-corrected chi connectivity index (χ4v) is 3.10. The van der Waals surface area contributed by atoms with Gasteiger partial charge in [0, 0.05) is 31.2 Å². The molecule has 20 heavy (non-hydrogen) atoms. The molecular weight excluding hydrogens is 246 g/mol. The van der Waals surface area contributed by atoms with Crippen LogP contribution in [0.25, 0.3) is 0 Å². The molecule has 3 rings (SSSR count). The summed E-state index contributed by atoms with van der Waals surface area (Å²) >= 11 is 0. The van der Waals surface area contributed by atoms with Gasteiger partial charge in [-0.2, -0.15) is 0 Å². The van der Waals surface area contributed by atoms with Gasteiger partial charge >= 0.3 is 0 Å². The number of aryl methyl sites for hydroxylation is 1. The Morgan fingerprint density at radius 1 is 1.25 bits per heavy atom. The summed E-state index contributed by atoms with van der Waals surface area (Å²) in [6, 6.07) is 11.4. The first kappa shape index (κ1) is 13.1. The molecule has 104 valence electrons. The zero-order valence-electron chi connectivity index (χ0n) is 11.9. The fraction of sp³-hybridized carbons (Fsp3) is 0.353. The van der Waals surface area contributed by atoms with Crippen molar-refractivity contribution in [2.24, 2.45) is 5.73 Å². The second-order valence-corrected chi connectivity index (χ2v) is 5.45. The van der Waals surface area contributed by atoms with Gasteiger partial charge in [-0.15, -0.1) is 0 Å².